The Kier molecular flexibility index (Phi) is 7.21. The molecular formula is C16H27IN8. The number of hydrogen-bond acceptors (Lipinski definition) is 4. The number of nitrogens with zero attached hydrogens (tertiary/aromatic N) is 7. The Morgan fingerprint density at radius 2 is 2.28 bits per heavy atom. The van der Waals surface area contributed by atoms with E-state index >= 15 is 0 Å². The average Bonchev–Trinajstić information content (AvgIpc) is 3.31. The Balaban J connectivity index is 0.00000225. The summed E-state index contributed by atoms with van der Waals surface area (Å²) in [5, 5.41) is 15.8. The van der Waals surface area contributed by atoms with Crippen LogP contribution in [0.5, 0.6) is 0 Å². The third-order valence-electron chi connectivity index (χ3n) is 4.54. The molecule has 3 heterocycles. The van der Waals surface area contributed by atoms with Crippen molar-refractivity contribution in [1.29, 1.82) is 0 Å². The number of halogens is 1. The number of likely N-dealkylation sites (tertiary alicyclic amines) is 1. The van der Waals surface area contributed by atoms with Gasteiger partial charge in [-0.2, -0.15) is 5.10 Å². The van der Waals surface area contributed by atoms with Crippen LogP contribution in [0.2, 0.25) is 0 Å². The summed E-state index contributed by atoms with van der Waals surface area (Å²) in [5.74, 6) is 2.51. The van der Waals surface area contributed by atoms with Crippen LogP contribution in [0.3, 0.4) is 0 Å². The molecule has 1 aliphatic rings. The summed E-state index contributed by atoms with van der Waals surface area (Å²) in [5.41, 5.74) is 1.31. The summed E-state index contributed by atoms with van der Waals surface area (Å²) in [7, 11) is 3.81. The van der Waals surface area contributed by atoms with Gasteiger partial charge >= 0.3 is 0 Å². The maximum absolute atomic E-state index is 4.43. The first kappa shape index (κ1) is 19.7. The molecule has 2 aromatic heterocycles. The molecule has 3 rings (SSSR count). The number of aryl methyl sites for hydroxylation is 2. The lowest BCUT2D eigenvalue weighted by molar-refractivity contribution is 0.481. The van der Waals surface area contributed by atoms with Crippen LogP contribution >= 0.6 is 24.0 Å². The van der Waals surface area contributed by atoms with E-state index in [1.807, 2.05) is 25.0 Å². The standard InChI is InChI=1S/C16H26N8.HI/c1-4-15-21-19-12-24(15)8-6-18-16(17-2)23-7-5-13(11-23)14-9-20-22(3)10-14;/h9-10,12-13H,4-8,11H2,1-3H3,(H,17,18);1H. The van der Waals surface area contributed by atoms with Crippen LogP contribution in [0.25, 0.3) is 0 Å². The van der Waals surface area contributed by atoms with Crippen LogP contribution in [0.4, 0.5) is 0 Å². The van der Waals surface area contributed by atoms with E-state index in [1.165, 1.54) is 5.56 Å². The summed E-state index contributed by atoms with van der Waals surface area (Å²) in [6.45, 7) is 5.75. The van der Waals surface area contributed by atoms with Gasteiger partial charge in [-0.25, -0.2) is 0 Å². The lowest BCUT2D eigenvalue weighted by Crippen LogP contribution is -2.41. The molecule has 0 aliphatic carbocycles. The van der Waals surface area contributed by atoms with Crippen molar-refractivity contribution < 1.29 is 0 Å². The van der Waals surface area contributed by atoms with Crippen molar-refractivity contribution in [2.45, 2.75) is 32.2 Å². The van der Waals surface area contributed by atoms with E-state index in [9.17, 15) is 0 Å². The van der Waals surface area contributed by atoms with Gasteiger partial charge in [-0.1, -0.05) is 6.92 Å². The number of guanidine groups is 1. The van der Waals surface area contributed by atoms with Gasteiger partial charge in [0.15, 0.2) is 5.96 Å². The molecule has 0 aromatic carbocycles. The highest BCUT2D eigenvalue weighted by molar-refractivity contribution is 14.0. The fraction of sp³-hybridized carbons (Fsp3) is 0.625. The molecule has 1 atom stereocenters. The lowest BCUT2D eigenvalue weighted by Gasteiger charge is -2.21. The minimum Gasteiger partial charge on any atom is -0.354 e. The van der Waals surface area contributed by atoms with Crippen molar-refractivity contribution in [2.24, 2.45) is 12.0 Å². The first-order valence-corrected chi connectivity index (χ1v) is 8.52. The summed E-state index contributed by atoms with van der Waals surface area (Å²) in [6, 6.07) is 0. The minimum absolute atomic E-state index is 0. The molecule has 1 aliphatic heterocycles. The van der Waals surface area contributed by atoms with Crippen LogP contribution in [-0.2, 0) is 20.0 Å². The van der Waals surface area contributed by atoms with Crippen molar-refractivity contribution in [3.8, 4) is 0 Å². The molecule has 25 heavy (non-hydrogen) atoms. The molecule has 8 nitrogen and oxygen atoms in total. The van der Waals surface area contributed by atoms with E-state index in [1.54, 1.807) is 6.33 Å². The monoisotopic (exact) mass is 458 g/mol. The largest absolute Gasteiger partial charge is 0.354 e. The second-order valence-corrected chi connectivity index (χ2v) is 6.15. The van der Waals surface area contributed by atoms with Crippen LogP contribution in [-0.4, -0.2) is 62.1 Å². The highest BCUT2D eigenvalue weighted by atomic mass is 127. The molecule has 0 radical (unpaired) electrons. The Morgan fingerprint density at radius 1 is 1.44 bits per heavy atom. The fourth-order valence-electron chi connectivity index (χ4n) is 3.24. The summed E-state index contributed by atoms with van der Waals surface area (Å²) in [4.78, 5) is 6.76. The van der Waals surface area contributed by atoms with Crippen molar-refractivity contribution in [1.82, 2.24) is 34.8 Å². The number of rotatable bonds is 5. The van der Waals surface area contributed by atoms with E-state index in [0.717, 1.165) is 50.8 Å². The molecule has 0 spiro atoms. The van der Waals surface area contributed by atoms with Crippen LogP contribution in [0.15, 0.2) is 23.7 Å². The van der Waals surface area contributed by atoms with Crippen LogP contribution in [0.1, 0.15) is 30.7 Å². The van der Waals surface area contributed by atoms with Gasteiger partial charge in [-0.15, -0.1) is 34.2 Å². The Bertz CT molecular complexity index is 692. The van der Waals surface area contributed by atoms with Gasteiger partial charge in [0.05, 0.1) is 6.20 Å². The van der Waals surface area contributed by atoms with Gasteiger partial charge in [0.25, 0.3) is 0 Å². The maximum atomic E-state index is 4.43. The molecule has 1 saturated heterocycles. The van der Waals surface area contributed by atoms with Gasteiger partial charge in [-0.05, 0) is 12.0 Å². The first-order valence-electron chi connectivity index (χ1n) is 8.52. The van der Waals surface area contributed by atoms with Gasteiger partial charge < -0.3 is 14.8 Å². The molecular weight excluding hydrogens is 431 g/mol. The van der Waals surface area contributed by atoms with Gasteiger partial charge in [0.1, 0.15) is 12.2 Å². The quantitative estimate of drug-likeness (QED) is 0.415. The minimum atomic E-state index is 0. The highest BCUT2D eigenvalue weighted by Gasteiger charge is 2.26. The van der Waals surface area contributed by atoms with Crippen molar-refractivity contribution >= 4 is 29.9 Å². The second-order valence-electron chi connectivity index (χ2n) is 6.15. The van der Waals surface area contributed by atoms with Gasteiger partial charge in [0, 0.05) is 58.8 Å². The predicted molar refractivity (Wildman–Crippen MR) is 108 cm³/mol. The zero-order chi connectivity index (χ0) is 16.9. The normalized spacial score (nSPS) is 17.6. The predicted octanol–water partition coefficient (Wildman–Crippen LogP) is 1.26. The molecule has 0 bridgehead atoms. The van der Waals surface area contributed by atoms with Crippen LogP contribution in [0, 0.1) is 0 Å². The molecule has 2 aromatic rings. The zero-order valence-electron chi connectivity index (χ0n) is 15.1. The highest BCUT2D eigenvalue weighted by Crippen LogP contribution is 2.26. The summed E-state index contributed by atoms with van der Waals surface area (Å²) in [6.07, 6.45) is 7.91. The Hall–Kier alpha value is -1.65. The Labute approximate surface area is 165 Å². The molecule has 138 valence electrons. The number of aromatic nitrogens is 5. The average molecular weight is 458 g/mol. The van der Waals surface area contributed by atoms with E-state index < -0.39 is 0 Å². The topological polar surface area (TPSA) is 76.2 Å². The van der Waals surface area contributed by atoms with E-state index in [-0.39, 0.29) is 24.0 Å². The van der Waals surface area contributed by atoms with E-state index in [4.69, 9.17) is 0 Å². The molecule has 0 amide bonds. The molecule has 9 heteroatoms. The SMILES string of the molecule is CCc1nncn1CCNC(=NC)N1CCC(c2cnn(C)c2)C1.I. The smallest absolute Gasteiger partial charge is 0.193 e. The van der Waals surface area contributed by atoms with Crippen molar-refractivity contribution in [3.63, 3.8) is 0 Å². The van der Waals surface area contributed by atoms with Gasteiger partial charge in [-0.3, -0.25) is 9.67 Å². The Morgan fingerprint density at radius 3 is 2.96 bits per heavy atom. The number of hydrogen-bond donors (Lipinski definition) is 1. The fourth-order valence-corrected chi connectivity index (χ4v) is 3.24. The third kappa shape index (κ3) is 4.71. The van der Waals surface area contributed by atoms with Crippen molar-refractivity contribution in [2.75, 3.05) is 26.7 Å². The molecule has 1 fully saturated rings. The zero-order valence-corrected chi connectivity index (χ0v) is 17.4. The summed E-state index contributed by atoms with van der Waals surface area (Å²) >= 11 is 0. The second kappa shape index (κ2) is 9.16. The third-order valence-corrected chi connectivity index (χ3v) is 4.54. The lowest BCUT2D eigenvalue weighted by atomic mass is 10.0. The molecule has 0 saturated carbocycles. The van der Waals surface area contributed by atoms with Crippen molar-refractivity contribution in [3.05, 3.63) is 30.1 Å². The molecule has 1 unspecified atom stereocenters. The van der Waals surface area contributed by atoms with Gasteiger partial charge in [0.2, 0.25) is 0 Å². The maximum Gasteiger partial charge on any atom is 0.193 e. The summed E-state index contributed by atoms with van der Waals surface area (Å²) < 4.78 is 3.96. The van der Waals surface area contributed by atoms with E-state index in [0.29, 0.717) is 5.92 Å². The van der Waals surface area contributed by atoms with Crippen LogP contribution < -0.4 is 5.32 Å². The number of nitrogens with one attached hydrogen (secondary N) is 1. The number of aliphatic imine (C=N–C) groups is 1. The first-order chi connectivity index (χ1) is 11.7. The van der Waals surface area contributed by atoms with E-state index in [2.05, 4.69) is 48.2 Å². The molecule has 1 N–H and O–H groups in total.